The van der Waals surface area contributed by atoms with Gasteiger partial charge in [0.2, 0.25) is 0 Å². The molecule has 0 aromatic heterocycles. The number of rotatable bonds is 3. The molecule has 2 atom stereocenters. The van der Waals surface area contributed by atoms with Crippen LogP contribution in [0.2, 0.25) is 0 Å². The third kappa shape index (κ3) is 2.64. The first-order valence-electron chi connectivity index (χ1n) is 6.48. The number of hydrogen-bond acceptors (Lipinski definition) is 3. The summed E-state index contributed by atoms with van der Waals surface area (Å²) in [5.41, 5.74) is -0.0449. The minimum absolute atomic E-state index is 0.0449. The number of carbonyl (C=O) groups excluding carboxylic acids is 1. The molecule has 0 radical (unpaired) electrons. The van der Waals surface area contributed by atoms with Gasteiger partial charge >= 0.3 is 0 Å². The molecule has 92 valence electrons. The summed E-state index contributed by atoms with van der Waals surface area (Å²) in [6.07, 6.45) is 6.41. The van der Waals surface area contributed by atoms with Crippen LogP contribution in [0, 0.1) is 5.41 Å². The van der Waals surface area contributed by atoms with Crippen LogP contribution in [0.5, 0.6) is 0 Å². The minimum Gasteiger partial charge on any atom is -0.373 e. The fraction of sp³-hybridized carbons (Fsp3) is 0.923. The van der Waals surface area contributed by atoms with Gasteiger partial charge in [0.1, 0.15) is 6.29 Å². The molecule has 0 amide bonds. The summed E-state index contributed by atoms with van der Waals surface area (Å²) in [7, 11) is 0. The summed E-state index contributed by atoms with van der Waals surface area (Å²) in [6.45, 7) is 7.12. The summed E-state index contributed by atoms with van der Waals surface area (Å²) >= 11 is 0. The van der Waals surface area contributed by atoms with Crippen LogP contribution in [0.4, 0.5) is 0 Å². The van der Waals surface area contributed by atoms with E-state index in [4.69, 9.17) is 4.74 Å². The Morgan fingerprint density at radius 3 is 2.31 bits per heavy atom. The van der Waals surface area contributed by atoms with Gasteiger partial charge in [-0.2, -0.15) is 0 Å². The summed E-state index contributed by atoms with van der Waals surface area (Å²) in [5.74, 6) is 0. The van der Waals surface area contributed by atoms with Crippen LogP contribution in [0.1, 0.15) is 39.5 Å². The number of ether oxygens (including phenoxy) is 1. The third-order valence-corrected chi connectivity index (χ3v) is 3.88. The third-order valence-electron chi connectivity index (χ3n) is 3.88. The largest absolute Gasteiger partial charge is 0.373 e. The van der Waals surface area contributed by atoms with E-state index in [0.717, 1.165) is 32.5 Å². The van der Waals surface area contributed by atoms with Crippen LogP contribution in [0.25, 0.3) is 0 Å². The van der Waals surface area contributed by atoms with Crippen molar-refractivity contribution in [1.82, 2.24) is 4.90 Å². The predicted octanol–water partition coefficient (Wildman–Crippen LogP) is 1.85. The molecule has 2 unspecified atom stereocenters. The normalized spacial score (nSPS) is 35.1. The number of hydrogen-bond donors (Lipinski definition) is 0. The highest BCUT2D eigenvalue weighted by molar-refractivity contribution is 5.60. The SMILES string of the molecule is CC1CN(CC2(C=O)CCCC2)CC(C)O1. The number of aldehydes is 1. The van der Waals surface area contributed by atoms with Gasteiger partial charge < -0.3 is 9.53 Å². The van der Waals surface area contributed by atoms with Gasteiger partial charge in [0.15, 0.2) is 0 Å². The van der Waals surface area contributed by atoms with Crippen molar-refractivity contribution in [1.29, 1.82) is 0 Å². The fourth-order valence-corrected chi connectivity index (χ4v) is 3.25. The quantitative estimate of drug-likeness (QED) is 0.687. The van der Waals surface area contributed by atoms with E-state index in [1.54, 1.807) is 0 Å². The highest BCUT2D eigenvalue weighted by atomic mass is 16.5. The van der Waals surface area contributed by atoms with Gasteiger partial charge in [0.05, 0.1) is 12.2 Å². The monoisotopic (exact) mass is 225 g/mol. The van der Waals surface area contributed by atoms with Crippen LogP contribution >= 0.6 is 0 Å². The molecule has 16 heavy (non-hydrogen) atoms. The Morgan fingerprint density at radius 1 is 1.25 bits per heavy atom. The van der Waals surface area contributed by atoms with Crippen molar-refractivity contribution in [2.75, 3.05) is 19.6 Å². The summed E-state index contributed by atoms with van der Waals surface area (Å²) in [5, 5.41) is 0. The molecule has 2 rings (SSSR count). The minimum atomic E-state index is -0.0449. The van der Waals surface area contributed by atoms with E-state index in [2.05, 4.69) is 18.7 Å². The van der Waals surface area contributed by atoms with Crippen molar-refractivity contribution in [3.05, 3.63) is 0 Å². The van der Waals surface area contributed by atoms with Crippen LogP contribution in [0.15, 0.2) is 0 Å². The Kier molecular flexibility index (Phi) is 3.65. The van der Waals surface area contributed by atoms with Crippen molar-refractivity contribution in [2.45, 2.75) is 51.7 Å². The van der Waals surface area contributed by atoms with E-state index >= 15 is 0 Å². The van der Waals surface area contributed by atoms with Gasteiger partial charge in [-0.15, -0.1) is 0 Å². The van der Waals surface area contributed by atoms with Crippen molar-refractivity contribution in [3.8, 4) is 0 Å². The average Bonchev–Trinajstić information content (AvgIpc) is 2.65. The first kappa shape index (κ1) is 12.1. The van der Waals surface area contributed by atoms with E-state index in [9.17, 15) is 4.79 Å². The molecule has 1 saturated carbocycles. The van der Waals surface area contributed by atoms with Crippen LogP contribution in [0.3, 0.4) is 0 Å². The van der Waals surface area contributed by atoms with Crippen LogP contribution in [-0.4, -0.2) is 43.0 Å². The molecular formula is C13H23NO2. The van der Waals surface area contributed by atoms with Crippen molar-refractivity contribution in [3.63, 3.8) is 0 Å². The first-order chi connectivity index (χ1) is 7.63. The van der Waals surface area contributed by atoms with Crippen LogP contribution in [-0.2, 0) is 9.53 Å². The molecule has 1 heterocycles. The molecule has 3 nitrogen and oxygen atoms in total. The molecule has 0 N–H and O–H groups in total. The fourth-order valence-electron chi connectivity index (χ4n) is 3.25. The van der Waals surface area contributed by atoms with E-state index in [0.29, 0.717) is 12.2 Å². The van der Waals surface area contributed by atoms with E-state index < -0.39 is 0 Å². The molecule has 3 heteroatoms. The second kappa shape index (κ2) is 4.84. The zero-order valence-electron chi connectivity index (χ0n) is 10.4. The lowest BCUT2D eigenvalue weighted by atomic mass is 9.87. The zero-order chi connectivity index (χ0) is 11.6. The van der Waals surface area contributed by atoms with Gasteiger partial charge in [-0.3, -0.25) is 4.90 Å². The Hall–Kier alpha value is -0.410. The van der Waals surface area contributed by atoms with Crippen molar-refractivity contribution in [2.24, 2.45) is 5.41 Å². The first-order valence-corrected chi connectivity index (χ1v) is 6.48. The molecule has 1 saturated heterocycles. The number of nitrogens with zero attached hydrogens (tertiary/aromatic N) is 1. The van der Waals surface area contributed by atoms with Crippen molar-refractivity contribution >= 4 is 6.29 Å². The second-order valence-corrected chi connectivity index (χ2v) is 5.64. The van der Waals surface area contributed by atoms with Gasteiger partial charge in [0, 0.05) is 25.0 Å². The smallest absolute Gasteiger partial charge is 0.127 e. The Morgan fingerprint density at radius 2 is 1.81 bits per heavy atom. The van der Waals surface area contributed by atoms with E-state index in [1.807, 2.05) is 0 Å². The maximum absolute atomic E-state index is 11.3. The van der Waals surface area contributed by atoms with Gasteiger partial charge in [-0.25, -0.2) is 0 Å². The maximum atomic E-state index is 11.3. The predicted molar refractivity (Wildman–Crippen MR) is 63.4 cm³/mol. The Balaban J connectivity index is 1.94. The maximum Gasteiger partial charge on any atom is 0.127 e. The van der Waals surface area contributed by atoms with E-state index in [1.165, 1.54) is 19.1 Å². The number of carbonyl (C=O) groups is 1. The van der Waals surface area contributed by atoms with Gasteiger partial charge in [-0.05, 0) is 26.7 Å². The lowest BCUT2D eigenvalue weighted by Crippen LogP contribution is -2.49. The highest BCUT2D eigenvalue weighted by Gasteiger charge is 2.36. The molecule has 0 spiro atoms. The van der Waals surface area contributed by atoms with Crippen molar-refractivity contribution < 1.29 is 9.53 Å². The molecular weight excluding hydrogens is 202 g/mol. The molecule has 2 aliphatic rings. The lowest BCUT2D eigenvalue weighted by molar-refractivity contribution is -0.120. The topological polar surface area (TPSA) is 29.5 Å². The molecule has 0 bridgehead atoms. The number of morpholine rings is 1. The molecule has 1 aliphatic heterocycles. The molecule has 0 aromatic rings. The summed E-state index contributed by atoms with van der Waals surface area (Å²) in [4.78, 5) is 13.7. The Labute approximate surface area is 98.1 Å². The molecule has 2 fully saturated rings. The van der Waals surface area contributed by atoms with Crippen LogP contribution < -0.4 is 0 Å². The summed E-state index contributed by atoms with van der Waals surface area (Å²) < 4.78 is 5.72. The van der Waals surface area contributed by atoms with Gasteiger partial charge in [0.25, 0.3) is 0 Å². The standard InChI is InChI=1S/C13H23NO2/c1-11-7-14(8-12(2)16-11)9-13(10-15)5-3-4-6-13/h10-12H,3-9H2,1-2H3. The molecule has 1 aliphatic carbocycles. The van der Waals surface area contributed by atoms with Gasteiger partial charge in [-0.1, -0.05) is 12.8 Å². The Bertz CT molecular complexity index is 238. The summed E-state index contributed by atoms with van der Waals surface area (Å²) in [6, 6.07) is 0. The highest BCUT2D eigenvalue weighted by Crippen LogP contribution is 2.37. The molecule has 0 aromatic carbocycles. The second-order valence-electron chi connectivity index (χ2n) is 5.64. The average molecular weight is 225 g/mol. The van der Waals surface area contributed by atoms with E-state index in [-0.39, 0.29) is 5.41 Å². The zero-order valence-corrected chi connectivity index (χ0v) is 10.4. The lowest BCUT2D eigenvalue weighted by Gasteiger charge is -2.39.